The van der Waals surface area contributed by atoms with Crippen molar-refractivity contribution in [3.05, 3.63) is 46.5 Å². The number of hydrogen-bond donors (Lipinski definition) is 0. The van der Waals surface area contributed by atoms with Crippen LogP contribution in [0.3, 0.4) is 0 Å². The average molecular weight is 368 g/mol. The van der Waals surface area contributed by atoms with Crippen molar-refractivity contribution in [2.24, 2.45) is 0 Å². The van der Waals surface area contributed by atoms with Crippen molar-refractivity contribution < 1.29 is 4.79 Å². The van der Waals surface area contributed by atoms with Gasteiger partial charge < -0.3 is 4.90 Å². The molecule has 1 amide bonds. The average Bonchev–Trinajstić information content (AvgIpc) is 3.15. The minimum Gasteiger partial charge on any atom is -0.333 e. The molecule has 0 radical (unpaired) electrons. The topological polar surface area (TPSA) is 38.1 Å². The molecule has 0 N–H and O–H groups in total. The van der Waals surface area contributed by atoms with Crippen molar-refractivity contribution in [1.29, 1.82) is 0 Å². The van der Waals surface area contributed by atoms with Crippen molar-refractivity contribution in [1.82, 2.24) is 14.7 Å². The molecule has 3 aromatic rings. The van der Waals surface area contributed by atoms with Crippen LogP contribution in [-0.4, -0.2) is 32.7 Å². The van der Waals surface area contributed by atoms with Crippen molar-refractivity contribution in [2.75, 3.05) is 0 Å². The number of carbonyl (C=O) groups is 1. The first kappa shape index (κ1) is 17.3. The van der Waals surface area contributed by atoms with Crippen LogP contribution in [0.5, 0.6) is 0 Å². The molecule has 4 rings (SSSR count). The molecule has 0 unspecified atom stereocenters. The van der Waals surface area contributed by atoms with E-state index >= 15 is 0 Å². The number of amides is 1. The summed E-state index contributed by atoms with van der Waals surface area (Å²) in [5.74, 6) is 0.168. The normalized spacial score (nSPS) is 20.7. The highest BCUT2D eigenvalue weighted by Crippen LogP contribution is 2.33. The number of piperidine rings is 1. The Morgan fingerprint density at radius 3 is 2.58 bits per heavy atom. The van der Waals surface area contributed by atoms with Crippen LogP contribution in [0.4, 0.5) is 0 Å². The SMILES string of the molecule is Cc1cccc(-n2nc(C)c3cc(C(=O)N4[C@@H](C)CCC[C@@H]4C)sc32)c1. The first-order chi connectivity index (χ1) is 12.5. The Bertz CT molecular complexity index is 961. The molecule has 26 heavy (non-hydrogen) atoms. The van der Waals surface area contributed by atoms with E-state index in [-0.39, 0.29) is 5.91 Å². The number of benzene rings is 1. The summed E-state index contributed by atoms with van der Waals surface area (Å²) < 4.78 is 1.97. The molecule has 1 saturated heterocycles. The lowest BCUT2D eigenvalue weighted by molar-refractivity contribution is 0.0516. The van der Waals surface area contributed by atoms with Gasteiger partial charge in [-0.2, -0.15) is 5.10 Å². The lowest BCUT2D eigenvalue weighted by atomic mass is 9.97. The number of thiophene rings is 1. The molecule has 1 aliphatic rings. The quantitative estimate of drug-likeness (QED) is 0.631. The van der Waals surface area contributed by atoms with Crippen LogP contribution in [0.1, 0.15) is 54.0 Å². The second-order valence-corrected chi connectivity index (χ2v) is 8.54. The van der Waals surface area contributed by atoms with Gasteiger partial charge in [-0.25, -0.2) is 4.68 Å². The number of aryl methyl sites for hydroxylation is 2. The summed E-state index contributed by atoms with van der Waals surface area (Å²) in [4.78, 5) is 17.2. The predicted molar refractivity (Wildman–Crippen MR) is 107 cm³/mol. The monoisotopic (exact) mass is 367 g/mol. The Hall–Kier alpha value is -2.14. The third-order valence-electron chi connectivity index (χ3n) is 5.43. The van der Waals surface area contributed by atoms with E-state index < -0.39 is 0 Å². The molecule has 0 saturated carbocycles. The van der Waals surface area contributed by atoms with Crippen molar-refractivity contribution >= 4 is 27.5 Å². The number of likely N-dealkylation sites (tertiary alicyclic amines) is 1. The van der Waals surface area contributed by atoms with Gasteiger partial charge in [0.05, 0.1) is 16.3 Å². The maximum absolute atomic E-state index is 13.2. The van der Waals surface area contributed by atoms with Crippen molar-refractivity contribution in [3.8, 4) is 5.69 Å². The van der Waals surface area contributed by atoms with Gasteiger partial charge in [-0.05, 0) is 70.7 Å². The lowest BCUT2D eigenvalue weighted by Crippen LogP contribution is -2.47. The van der Waals surface area contributed by atoms with Gasteiger partial charge >= 0.3 is 0 Å². The minimum absolute atomic E-state index is 0.168. The molecular weight excluding hydrogens is 342 g/mol. The lowest BCUT2D eigenvalue weighted by Gasteiger charge is -2.38. The van der Waals surface area contributed by atoms with Gasteiger partial charge in [-0.15, -0.1) is 11.3 Å². The van der Waals surface area contributed by atoms with Gasteiger partial charge in [0.2, 0.25) is 0 Å². The summed E-state index contributed by atoms with van der Waals surface area (Å²) in [6, 6.07) is 11.0. The summed E-state index contributed by atoms with van der Waals surface area (Å²) in [6.07, 6.45) is 3.40. The molecule has 1 aromatic carbocycles. The fourth-order valence-electron chi connectivity index (χ4n) is 4.04. The van der Waals surface area contributed by atoms with Crippen LogP contribution in [0.2, 0.25) is 0 Å². The fourth-order valence-corrected chi connectivity index (χ4v) is 5.16. The first-order valence-electron chi connectivity index (χ1n) is 9.34. The van der Waals surface area contributed by atoms with E-state index in [0.717, 1.165) is 39.3 Å². The number of aromatic nitrogens is 2. The Kier molecular flexibility index (Phi) is 4.35. The second-order valence-electron chi connectivity index (χ2n) is 7.51. The van der Waals surface area contributed by atoms with Gasteiger partial charge in [0.25, 0.3) is 5.91 Å². The zero-order valence-corrected chi connectivity index (χ0v) is 16.6. The summed E-state index contributed by atoms with van der Waals surface area (Å²) in [6.45, 7) is 8.43. The van der Waals surface area contributed by atoms with Crippen LogP contribution in [-0.2, 0) is 0 Å². The van der Waals surface area contributed by atoms with E-state index in [9.17, 15) is 4.79 Å². The molecule has 2 aromatic heterocycles. The van der Waals surface area contributed by atoms with Gasteiger partial charge in [-0.3, -0.25) is 4.79 Å². The van der Waals surface area contributed by atoms with Crippen molar-refractivity contribution in [3.63, 3.8) is 0 Å². The maximum Gasteiger partial charge on any atom is 0.264 e. The highest BCUT2D eigenvalue weighted by atomic mass is 32.1. The Morgan fingerprint density at radius 1 is 1.15 bits per heavy atom. The highest BCUT2D eigenvalue weighted by molar-refractivity contribution is 7.20. The molecule has 136 valence electrons. The predicted octanol–water partition coefficient (Wildman–Crippen LogP) is 5.11. The van der Waals surface area contributed by atoms with E-state index in [2.05, 4.69) is 43.9 Å². The molecule has 1 fully saturated rings. The Balaban J connectivity index is 1.76. The number of hydrogen-bond acceptors (Lipinski definition) is 3. The Morgan fingerprint density at radius 2 is 1.88 bits per heavy atom. The Labute approximate surface area is 158 Å². The molecule has 2 atom stereocenters. The van der Waals surface area contributed by atoms with E-state index in [0.29, 0.717) is 12.1 Å². The molecule has 0 spiro atoms. The van der Waals surface area contributed by atoms with E-state index in [4.69, 9.17) is 5.10 Å². The molecule has 0 bridgehead atoms. The van der Waals surface area contributed by atoms with Gasteiger partial charge in [0.1, 0.15) is 4.83 Å². The van der Waals surface area contributed by atoms with E-state index in [1.807, 2.05) is 23.7 Å². The molecule has 1 aliphatic heterocycles. The first-order valence-corrected chi connectivity index (χ1v) is 10.2. The van der Waals surface area contributed by atoms with Gasteiger partial charge in [0, 0.05) is 17.5 Å². The summed E-state index contributed by atoms with van der Waals surface area (Å²) >= 11 is 1.56. The highest BCUT2D eigenvalue weighted by Gasteiger charge is 2.31. The smallest absolute Gasteiger partial charge is 0.264 e. The summed E-state index contributed by atoms with van der Waals surface area (Å²) in [5.41, 5.74) is 3.22. The van der Waals surface area contributed by atoms with Crippen LogP contribution in [0.15, 0.2) is 30.3 Å². The van der Waals surface area contributed by atoms with Crippen molar-refractivity contribution in [2.45, 2.75) is 59.0 Å². The minimum atomic E-state index is 0.168. The fraction of sp³-hybridized carbons (Fsp3) is 0.429. The largest absolute Gasteiger partial charge is 0.333 e. The van der Waals surface area contributed by atoms with E-state index in [1.54, 1.807) is 11.3 Å². The number of carbonyl (C=O) groups excluding carboxylic acids is 1. The standard InChI is InChI=1S/C21H25N3OS/c1-13-7-5-10-17(11-13)24-21-18(16(4)22-24)12-19(26-21)20(25)23-14(2)8-6-9-15(23)3/h5,7,10-12,14-15H,6,8-9H2,1-4H3/t14-,15-/m0/s1. The number of nitrogens with zero attached hydrogens (tertiary/aromatic N) is 3. The van der Waals surface area contributed by atoms with Gasteiger partial charge in [0.15, 0.2) is 0 Å². The summed E-state index contributed by atoms with van der Waals surface area (Å²) in [5, 5.41) is 5.79. The molecular formula is C21H25N3OS. The molecule has 5 heteroatoms. The zero-order chi connectivity index (χ0) is 18.4. The number of rotatable bonds is 2. The van der Waals surface area contributed by atoms with Crippen LogP contribution in [0.25, 0.3) is 15.9 Å². The molecule has 3 heterocycles. The second kappa shape index (κ2) is 6.54. The van der Waals surface area contributed by atoms with Crippen LogP contribution >= 0.6 is 11.3 Å². The third-order valence-corrected chi connectivity index (χ3v) is 6.53. The molecule has 4 nitrogen and oxygen atoms in total. The number of fused-ring (bicyclic) bond motifs is 1. The van der Waals surface area contributed by atoms with Gasteiger partial charge in [-0.1, -0.05) is 12.1 Å². The van der Waals surface area contributed by atoms with E-state index in [1.165, 1.54) is 12.0 Å². The van der Waals surface area contributed by atoms with Crippen LogP contribution < -0.4 is 0 Å². The third kappa shape index (κ3) is 2.84. The molecule has 0 aliphatic carbocycles. The summed E-state index contributed by atoms with van der Waals surface area (Å²) in [7, 11) is 0. The van der Waals surface area contributed by atoms with Crippen LogP contribution in [0, 0.1) is 13.8 Å². The zero-order valence-electron chi connectivity index (χ0n) is 15.8. The maximum atomic E-state index is 13.2.